The Morgan fingerprint density at radius 1 is 1.75 bits per heavy atom. The summed E-state index contributed by atoms with van der Waals surface area (Å²) in [6, 6.07) is 0. The van der Waals surface area contributed by atoms with Crippen LogP contribution in [0.15, 0.2) is 12.4 Å². The van der Waals surface area contributed by atoms with E-state index in [9.17, 15) is 4.79 Å². The maximum Gasteiger partial charge on any atom is 0.325 e. The third-order valence-corrected chi connectivity index (χ3v) is 1.65. The molecule has 4 nitrogen and oxygen atoms in total. The summed E-state index contributed by atoms with van der Waals surface area (Å²) in [6.45, 7) is 2.25. The molecule has 0 bridgehead atoms. The van der Waals surface area contributed by atoms with Gasteiger partial charge in [-0.1, -0.05) is 6.92 Å². The van der Waals surface area contributed by atoms with Gasteiger partial charge in [0.05, 0.1) is 7.11 Å². The number of imidazole rings is 1. The Kier molecular flexibility index (Phi) is 2.85. The van der Waals surface area contributed by atoms with Gasteiger partial charge in [0.25, 0.3) is 0 Å². The van der Waals surface area contributed by atoms with E-state index in [2.05, 4.69) is 9.72 Å². The van der Waals surface area contributed by atoms with Gasteiger partial charge in [-0.05, 0) is 0 Å². The highest BCUT2D eigenvalue weighted by Crippen LogP contribution is 1.98. The van der Waals surface area contributed by atoms with E-state index in [-0.39, 0.29) is 12.5 Å². The summed E-state index contributed by atoms with van der Waals surface area (Å²) < 4.78 is 6.32. The van der Waals surface area contributed by atoms with Crippen molar-refractivity contribution >= 4 is 5.97 Å². The Morgan fingerprint density at radius 2 is 2.50 bits per heavy atom. The zero-order chi connectivity index (χ0) is 8.97. The minimum absolute atomic E-state index is 0.247. The van der Waals surface area contributed by atoms with E-state index in [4.69, 9.17) is 0 Å². The van der Waals surface area contributed by atoms with Gasteiger partial charge >= 0.3 is 5.97 Å². The van der Waals surface area contributed by atoms with E-state index in [0.717, 1.165) is 12.2 Å². The Bertz CT molecular complexity index is 268. The van der Waals surface area contributed by atoms with E-state index in [0.29, 0.717) is 0 Å². The number of esters is 1. The largest absolute Gasteiger partial charge is 0.468 e. The molecule has 0 radical (unpaired) electrons. The van der Waals surface area contributed by atoms with E-state index < -0.39 is 0 Å². The van der Waals surface area contributed by atoms with Crippen LogP contribution in [0.2, 0.25) is 0 Å². The smallest absolute Gasteiger partial charge is 0.325 e. The SMILES string of the molecule is CCc1nccn1CC(=O)OC. The van der Waals surface area contributed by atoms with Gasteiger partial charge in [-0.2, -0.15) is 0 Å². The number of carbonyl (C=O) groups excluding carboxylic acids is 1. The molecule has 0 amide bonds. The second-order valence-electron chi connectivity index (χ2n) is 2.40. The van der Waals surface area contributed by atoms with Crippen LogP contribution in [0.25, 0.3) is 0 Å². The molecule has 0 saturated heterocycles. The third kappa shape index (κ3) is 1.84. The summed E-state index contributed by atoms with van der Waals surface area (Å²) in [4.78, 5) is 15.0. The number of rotatable bonds is 3. The Balaban J connectivity index is 2.68. The van der Waals surface area contributed by atoms with Gasteiger partial charge in [0, 0.05) is 18.8 Å². The quantitative estimate of drug-likeness (QED) is 0.621. The number of carbonyl (C=O) groups is 1. The second kappa shape index (κ2) is 3.90. The summed E-state index contributed by atoms with van der Waals surface area (Å²) in [5.74, 6) is 0.656. The summed E-state index contributed by atoms with van der Waals surface area (Å²) in [5.41, 5.74) is 0. The Morgan fingerprint density at radius 3 is 3.08 bits per heavy atom. The first-order valence-corrected chi connectivity index (χ1v) is 3.84. The number of aryl methyl sites for hydroxylation is 1. The Hall–Kier alpha value is -1.32. The maximum atomic E-state index is 10.9. The fourth-order valence-electron chi connectivity index (χ4n) is 1.00. The lowest BCUT2D eigenvalue weighted by molar-refractivity contribution is -0.141. The molecule has 0 aliphatic heterocycles. The summed E-state index contributed by atoms with van der Waals surface area (Å²) in [7, 11) is 1.38. The molecule has 0 spiro atoms. The average molecular weight is 168 g/mol. The van der Waals surface area contributed by atoms with E-state index in [1.807, 2.05) is 6.92 Å². The van der Waals surface area contributed by atoms with Gasteiger partial charge in [0.1, 0.15) is 12.4 Å². The molecule has 0 N–H and O–H groups in total. The maximum absolute atomic E-state index is 10.9. The van der Waals surface area contributed by atoms with Crippen molar-refractivity contribution in [2.24, 2.45) is 0 Å². The molecule has 1 heterocycles. The molecule has 66 valence electrons. The van der Waals surface area contributed by atoms with Crippen LogP contribution in [0, 0.1) is 0 Å². The minimum Gasteiger partial charge on any atom is -0.468 e. The molecule has 0 unspecified atom stereocenters. The highest BCUT2D eigenvalue weighted by atomic mass is 16.5. The zero-order valence-corrected chi connectivity index (χ0v) is 7.28. The molecule has 12 heavy (non-hydrogen) atoms. The number of hydrogen-bond acceptors (Lipinski definition) is 3. The predicted molar refractivity (Wildman–Crippen MR) is 43.6 cm³/mol. The van der Waals surface area contributed by atoms with Gasteiger partial charge < -0.3 is 9.30 Å². The van der Waals surface area contributed by atoms with E-state index in [1.165, 1.54) is 7.11 Å². The average Bonchev–Trinajstić information content (AvgIpc) is 2.51. The van der Waals surface area contributed by atoms with Crippen LogP contribution in [-0.4, -0.2) is 22.6 Å². The van der Waals surface area contributed by atoms with Gasteiger partial charge in [0.15, 0.2) is 0 Å². The fourth-order valence-corrected chi connectivity index (χ4v) is 1.00. The number of aromatic nitrogens is 2. The fraction of sp³-hybridized carbons (Fsp3) is 0.500. The van der Waals surface area contributed by atoms with Crippen LogP contribution < -0.4 is 0 Å². The van der Waals surface area contributed by atoms with Crippen molar-refractivity contribution in [1.29, 1.82) is 0 Å². The molecule has 1 rings (SSSR count). The lowest BCUT2D eigenvalue weighted by atomic mass is 10.4. The van der Waals surface area contributed by atoms with Crippen molar-refractivity contribution in [3.8, 4) is 0 Å². The first-order chi connectivity index (χ1) is 5.77. The minimum atomic E-state index is -0.247. The van der Waals surface area contributed by atoms with Crippen LogP contribution in [-0.2, 0) is 22.5 Å². The van der Waals surface area contributed by atoms with E-state index in [1.54, 1.807) is 17.0 Å². The highest BCUT2D eigenvalue weighted by Gasteiger charge is 2.04. The Labute approximate surface area is 71.2 Å². The molecular formula is C8H12N2O2. The monoisotopic (exact) mass is 168 g/mol. The van der Waals surface area contributed by atoms with Crippen LogP contribution in [0.1, 0.15) is 12.7 Å². The molecule has 0 aromatic carbocycles. The molecule has 0 fully saturated rings. The highest BCUT2D eigenvalue weighted by molar-refractivity contribution is 5.69. The molecular weight excluding hydrogens is 156 g/mol. The summed E-state index contributed by atoms with van der Waals surface area (Å²) in [5, 5.41) is 0. The van der Waals surface area contributed by atoms with Gasteiger partial charge in [-0.25, -0.2) is 4.98 Å². The molecule has 0 saturated carbocycles. The molecule has 1 aromatic heterocycles. The predicted octanol–water partition coefficient (Wildman–Crippen LogP) is 0.618. The topological polar surface area (TPSA) is 44.1 Å². The lowest BCUT2D eigenvalue weighted by Gasteiger charge is -2.03. The molecule has 4 heteroatoms. The zero-order valence-electron chi connectivity index (χ0n) is 7.28. The van der Waals surface area contributed by atoms with Crippen LogP contribution in [0.5, 0.6) is 0 Å². The van der Waals surface area contributed by atoms with Crippen molar-refractivity contribution < 1.29 is 9.53 Å². The first kappa shape index (κ1) is 8.77. The number of ether oxygens (including phenoxy) is 1. The normalized spacial score (nSPS) is 9.83. The van der Waals surface area contributed by atoms with Crippen molar-refractivity contribution in [1.82, 2.24) is 9.55 Å². The lowest BCUT2D eigenvalue weighted by Crippen LogP contribution is -2.12. The number of nitrogens with zero attached hydrogens (tertiary/aromatic N) is 2. The third-order valence-electron chi connectivity index (χ3n) is 1.65. The van der Waals surface area contributed by atoms with Gasteiger partial charge in [-0.15, -0.1) is 0 Å². The van der Waals surface area contributed by atoms with Gasteiger partial charge in [-0.3, -0.25) is 4.79 Å². The van der Waals surface area contributed by atoms with Crippen molar-refractivity contribution in [3.63, 3.8) is 0 Å². The summed E-state index contributed by atoms with van der Waals surface area (Å²) in [6.07, 6.45) is 4.28. The molecule has 0 aliphatic carbocycles. The molecule has 1 aromatic rings. The first-order valence-electron chi connectivity index (χ1n) is 3.84. The van der Waals surface area contributed by atoms with E-state index >= 15 is 0 Å². The molecule has 0 atom stereocenters. The van der Waals surface area contributed by atoms with Gasteiger partial charge in [0.2, 0.25) is 0 Å². The van der Waals surface area contributed by atoms with Crippen molar-refractivity contribution in [2.45, 2.75) is 19.9 Å². The number of methoxy groups -OCH3 is 1. The second-order valence-corrected chi connectivity index (χ2v) is 2.40. The summed E-state index contributed by atoms with van der Waals surface area (Å²) >= 11 is 0. The van der Waals surface area contributed by atoms with Crippen LogP contribution in [0.4, 0.5) is 0 Å². The van der Waals surface area contributed by atoms with Crippen LogP contribution >= 0.6 is 0 Å². The standard InChI is InChI=1S/C8H12N2O2/c1-3-7-9-4-5-10(7)6-8(11)12-2/h4-5H,3,6H2,1-2H3. The number of hydrogen-bond donors (Lipinski definition) is 0. The van der Waals surface area contributed by atoms with Crippen LogP contribution in [0.3, 0.4) is 0 Å². The molecule has 0 aliphatic rings. The van der Waals surface area contributed by atoms with Crippen molar-refractivity contribution in [2.75, 3.05) is 7.11 Å². The van der Waals surface area contributed by atoms with Crippen molar-refractivity contribution in [3.05, 3.63) is 18.2 Å².